The highest BCUT2D eigenvalue weighted by molar-refractivity contribution is 7.07. The predicted octanol–water partition coefficient (Wildman–Crippen LogP) is 1.70. The molecule has 8 heteroatoms. The van der Waals surface area contributed by atoms with Crippen LogP contribution in [0.15, 0.2) is 26.1 Å². The number of rotatable bonds is 4. The van der Waals surface area contributed by atoms with Crippen LogP contribution in [0.3, 0.4) is 0 Å². The summed E-state index contributed by atoms with van der Waals surface area (Å²) in [7, 11) is 0. The van der Waals surface area contributed by atoms with Crippen molar-refractivity contribution in [2.24, 2.45) is 0 Å². The van der Waals surface area contributed by atoms with Crippen LogP contribution < -0.4 is 5.56 Å². The lowest BCUT2D eigenvalue weighted by atomic mass is 10.2. The average Bonchev–Trinajstić information content (AvgIpc) is 3.08. The highest BCUT2D eigenvalue weighted by Crippen LogP contribution is 2.17. The van der Waals surface area contributed by atoms with Crippen molar-refractivity contribution in [3.8, 4) is 0 Å². The highest BCUT2D eigenvalue weighted by Gasteiger charge is 2.21. The van der Waals surface area contributed by atoms with Crippen molar-refractivity contribution in [3.05, 3.63) is 44.2 Å². The summed E-state index contributed by atoms with van der Waals surface area (Å²) in [6.07, 6.45) is 0.595. The number of aromatic nitrogens is 3. The molecule has 0 aliphatic carbocycles. The fraction of sp³-hybridized carbons (Fsp3) is 0.231. The summed E-state index contributed by atoms with van der Waals surface area (Å²) in [5, 5.41) is 20.9. The minimum absolute atomic E-state index is 0.00483. The van der Waals surface area contributed by atoms with Crippen LogP contribution in [-0.2, 0) is 13.0 Å². The molecule has 3 heterocycles. The summed E-state index contributed by atoms with van der Waals surface area (Å²) in [5.74, 6) is -0.937. The molecule has 3 rings (SSSR count). The Hall–Kier alpha value is -2.48. The molecule has 1 N–H and O–H groups in total. The molecule has 0 spiro atoms. The van der Waals surface area contributed by atoms with Crippen LogP contribution in [0.4, 0.5) is 0 Å². The molecule has 0 saturated heterocycles. The second-order valence-corrected chi connectivity index (χ2v) is 5.31. The molecule has 3 aromatic heterocycles. The molecule has 0 fully saturated rings. The maximum atomic E-state index is 12.3. The summed E-state index contributed by atoms with van der Waals surface area (Å²) in [6.45, 7) is 1.84. The fourth-order valence-corrected chi connectivity index (χ4v) is 2.81. The minimum Gasteiger partial charge on any atom is -0.476 e. The largest absolute Gasteiger partial charge is 0.476 e. The van der Waals surface area contributed by atoms with E-state index in [0.717, 1.165) is 10.2 Å². The van der Waals surface area contributed by atoms with Gasteiger partial charge in [0.1, 0.15) is 5.76 Å². The van der Waals surface area contributed by atoms with Gasteiger partial charge in [0.05, 0.1) is 5.39 Å². The molecule has 7 nitrogen and oxygen atoms in total. The van der Waals surface area contributed by atoms with E-state index in [2.05, 4.69) is 10.3 Å². The van der Waals surface area contributed by atoms with Crippen molar-refractivity contribution in [1.82, 2.24) is 14.9 Å². The van der Waals surface area contributed by atoms with Crippen molar-refractivity contribution >= 4 is 28.2 Å². The van der Waals surface area contributed by atoms with E-state index in [1.807, 2.05) is 16.8 Å². The third-order valence-electron chi connectivity index (χ3n) is 3.15. The Bertz CT molecular complexity index is 864. The second kappa shape index (κ2) is 5.13. The molecule has 0 aromatic carbocycles. The second-order valence-electron chi connectivity index (χ2n) is 4.53. The molecule has 0 bridgehead atoms. The van der Waals surface area contributed by atoms with Gasteiger partial charge in [0.15, 0.2) is 11.2 Å². The lowest BCUT2D eigenvalue weighted by molar-refractivity contribution is 0.0689. The number of hydrogen-bond acceptors (Lipinski definition) is 6. The van der Waals surface area contributed by atoms with Gasteiger partial charge in [0, 0.05) is 6.54 Å². The molecular formula is C13H11N3O4S. The Kier molecular flexibility index (Phi) is 3.30. The van der Waals surface area contributed by atoms with E-state index < -0.39 is 11.5 Å². The third kappa shape index (κ3) is 2.33. The molecule has 3 aromatic rings. The van der Waals surface area contributed by atoms with Crippen LogP contribution in [0.5, 0.6) is 0 Å². The predicted molar refractivity (Wildman–Crippen MR) is 75.8 cm³/mol. The molecular weight excluding hydrogens is 294 g/mol. The number of thiophene rings is 1. The van der Waals surface area contributed by atoms with Crippen molar-refractivity contribution in [2.45, 2.75) is 19.9 Å². The lowest BCUT2D eigenvalue weighted by Gasteiger charge is -2.05. The molecule has 0 aliphatic heterocycles. The minimum atomic E-state index is -1.21. The standard InChI is InChI=1S/C13H11N3O4S/c1-7-9-10(15-20-7)12(17)16(14-11(9)13(18)19)4-2-8-3-5-21-6-8/h3,5-6H,2,4H2,1H3,(H,18,19). The topological polar surface area (TPSA) is 98.2 Å². The summed E-state index contributed by atoms with van der Waals surface area (Å²) in [5.41, 5.74) is 0.419. The van der Waals surface area contributed by atoms with E-state index in [-0.39, 0.29) is 28.9 Å². The smallest absolute Gasteiger partial charge is 0.357 e. The van der Waals surface area contributed by atoms with Crippen LogP contribution in [0.2, 0.25) is 0 Å². The van der Waals surface area contributed by atoms with Crippen molar-refractivity contribution < 1.29 is 14.4 Å². The zero-order valence-corrected chi connectivity index (χ0v) is 11.9. The summed E-state index contributed by atoms with van der Waals surface area (Å²) < 4.78 is 6.06. The average molecular weight is 305 g/mol. The van der Waals surface area contributed by atoms with Gasteiger partial charge in [-0.05, 0) is 35.7 Å². The number of carbonyl (C=O) groups is 1. The molecule has 21 heavy (non-hydrogen) atoms. The zero-order valence-electron chi connectivity index (χ0n) is 11.1. The number of aromatic carboxylic acids is 1. The Labute approximate surface area is 122 Å². The van der Waals surface area contributed by atoms with Crippen LogP contribution in [0.1, 0.15) is 21.8 Å². The first-order valence-corrected chi connectivity index (χ1v) is 7.13. The Morgan fingerprint density at radius 3 is 3.00 bits per heavy atom. The Morgan fingerprint density at radius 2 is 2.33 bits per heavy atom. The van der Waals surface area contributed by atoms with Gasteiger partial charge in [-0.3, -0.25) is 4.79 Å². The zero-order chi connectivity index (χ0) is 15.0. The summed E-state index contributed by atoms with van der Waals surface area (Å²) >= 11 is 1.56. The van der Waals surface area contributed by atoms with Gasteiger partial charge >= 0.3 is 5.97 Å². The summed E-state index contributed by atoms with van der Waals surface area (Å²) in [4.78, 5) is 23.6. The van der Waals surface area contributed by atoms with Crippen LogP contribution in [-0.4, -0.2) is 26.0 Å². The maximum absolute atomic E-state index is 12.3. The van der Waals surface area contributed by atoms with E-state index in [4.69, 9.17) is 4.52 Å². The number of aryl methyl sites for hydroxylation is 3. The third-order valence-corrected chi connectivity index (χ3v) is 3.88. The van der Waals surface area contributed by atoms with Gasteiger partial charge in [0.2, 0.25) is 0 Å². The molecule has 0 amide bonds. The first-order valence-electron chi connectivity index (χ1n) is 6.19. The molecule has 0 radical (unpaired) electrons. The fourth-order valence-electron chi connectivity index (χ4n) is 2.11. The van der Waals surface area contributed by atoms with Gasteiger partial charge in [-0.25, -0.2) is 9.48 Å². The Balaban J connectivity index is 2.08. The molecule has 108 valence electrons. The molecule has 0 atom stereocenters. The van der Waals surface area contributed by atoms with E-state index in [1.54, 1.807) is 18.3 Å². The maximum Gasteiger partial charge on any atom is 0.357 e. The number of carboxylic acid groups (broad SMARTS) is 1. The van der Waals surface area contributed by atoms with Gasteiger partial charge < -0.3 is 9.63 Å². The monoisotopic (exact) mass is 305 g/mol. The first-order chi connectivity index (χ1) is 10.1. The van der Waals surface area contributed by atoms with E-state index in [1.165, 1.54) is 0 Å². The van der Waals surface area contributed by atoms with E-state index in [9.17, 15) is 14.7 Å². The number of carboxylic acids is 1. The van der Waals surface area contributed by atoms with Crippen molar-refractivity contribution in [2.75, 3.05) is 0 Å². The van der Waals surface area contributed by atoms with Crippen molar-refractivity contribution in [3.63, 3.8) is 0 Å². The van der Waals surface area contributed by atoms with Crippen LogP contribution >= 0.6 is 11.3 Å². The number of nitrogens with zero attached hydrogens (tertiary/aromatic N) is 3. The van der Waals surface area contributed by atoms with Crippen LogP contribution in [0, 0.1) is 6.92 Å². The molecule has 0 saturated carbocycles. The van der Waals surface area contributed by atoms with E-state index >= 15 is 0 Å². The van der Waals surface area contributed by atoms with Crippen LogP contribution in [0.25, 0.3) is 10.9 Å². The highest BCUT2D eigenvalue weighted by atomic mass is 32.1. The van der Waals surface area contributed by atoms with Gasteiger partial charge in [0.25, 0.3) is 5.56 Å². The van der Waals surface area contributed by atoms with E-state index in [0.29, 0.717) is 6.42 Å². The van der Waals surface area contributed by atoms with Gasteiger partial charge in [-0.2, -0.15) is 16.4 Å². The van der Waals surface area contributed by atoms with Crippen molar-refractivity contribution in [1.29, 1.82) is 0 Å². The summed E-state index contributed by atoms with van der Waals surface area (Å²) in [6, 6.07) is 1.95. The van der Waals surface area contributed by atoms with Gasteiger partial charge in [-0.15, -0.1) is 0 Å². The molecule has 0 unspecified atom stereocenters. The Morgan fingerprint density at radius 1 is 1.52 bits per heavy atom. The normalized spacial score (nSPS) is 11.1. The number of fused-ring (bicyclic) bond motifs is 1. The van der Waals surface area contributed by atoms with Gasteiger partial charge in [-0.1, -0.05) is 5.16 Å². The quantitative estimate of drug-likeness (QED) is 0.787. The SMILES string of the molecule is Cc1onc2c(=O)n(CCc3ccsc3)nc(C(=O)O)c12. The molecule has 0 aliphatic rings. The lowest BCUT2D eigenvalue weighted by Crippen LogP contribution is -2.26. The first kappa shape index (κ1) is 13.5. The number of hydrogen-bond donors (Lipinski definition) is 1.